The molecule has 0 spiro atoms. The lowest BCUT2D eigenvalue weighted by Crippen LogP contribution is -2.40. The van der Waals surface area contributed by atoms with E-state index < -0.39 is 0 Å². The first-order valence-electron chi connectivity index (χ1n) is 7.17. The fourth-order valence-electron chi connectivity index (χ4n) is 1.79. The van der Waals surface area contributed by atoms with Crippen molar-refractivity contribution in [2.24, 2.45) is 0 Å². The van der Waals surface area contributed by atoms with Crippen molar-refractivity contribution in [3.05, 3.63) is 30.2 Å². The fourth-order valence-corrected chi connectivity index (χ4v) is 1.79. The summed E-state index contributed by atoms with van der Waals surface area (Å²) in [6.45, 7) is 19.1. The topological polar surface area (TPSA) is 41.3 Å². The molecule has 0 saturated carbocycles. The molecular formula is C16H29N3O. The van der Waals surface area contributed by atoms with Crippen molar-refractivity contribution < 1.29 is 4.52 Å². The molecule has 1 N–H and O–H groups in total. The van der Waals surface area contributed by atoms with Crippen LogP contribution < -0.4 is 5.32 Å². The Balaban J connectivity index is 2.64. The normalized spacial score (nSPS) is 12.9. The van der Waals surface area contributed by atoms with E-state index in [1.54, 1.807) is 0 Å². The van der Waals surface area contributed by atoms with E-state index in [1.807, 2.05) is 12.1 Å². The zero-order valence-electron chi connectivity index (χ0n) is 13.8. The third-order valence-corrected chi connectivity index (χ3v) is 3.05. The average molecular weight is 279 g/mol. The minimum atomic E-state index is 0.0742. The van der Waals surface area contributed by atoms with Crippen molar-refractivity contribution in [2.45, 2.75) is 65.7 Å². The van der Waals surface area contributed by atoms with Crippen LogP contribution in [0.15, 0.2) is 23.2 Å². The van der Waals surface area contributed by atoms with Gasteiger partial charge in [-0.1, -0.05) is 11.2 Å². The van der Waals surface area contributed by atoms with Gasteiger partial charge in [0.05, 0.1) is 12.2 Å². The number of hydrogen-bond donors (Lipinski definition) is 1. The molecule has 0 aliphatic heterocycles. The van der Waals surface area contributed by atoms with E-state index in [0.717, 1.165) is 31.1 Å². The van der Waals surface area contributed by atoms with Crippen LogP contribution >= 0.6 is 0 Å². The van der Waals surface area contributed by atoms with Crippen LogP contribution in [0.1, 0.15) is 53.0 Å². The average Bonchev–Trinajstić information content (AvgIpc) is 2.71. The number of aromatic nitrogens is 1. The van der Waals surface area contributed by atoms with Crippen molar-refractivity contribution in [1.29, 1.82) is 0 Å². The summed E-state index contributed by atoms with van der Waals surface area (Å²) in [5.74, 6) is 0.896. The van der Waals surface area contributed by atoms with Crippen LogP contribution in [-0.4, -0.2) is 27.7 Å². The van der Waals surface area contributed by atoms with E-state index in [9.17, 15) is 0 Å². The number of rotatable bonds is 6. The maximum absolute atomic E-state index is 5.44. The second-order valence-electron chi connectivity index (χ2n) is 7.23. The van der Waals surface area contributed by atoms with Crippen LogP contribution in [-0.2, 0) is 13.1 Å². The van der Waals surface area contributed by atoms with Gasteiger partial charge in [-0.3, -0.25) is 4.90 Å². The summed E-state index contributed by atoms with van der Waals surface area (Å²) in [7, 11) is 0. The Hall–Kier alpha value is -1.13. The molecule has 1 heterocycles. The summed E-state index contributed by atoms with van der Waals surface area (Å²) in [6, 6.07) is 2.03. The van der Waals surface area contributed by atoms with Crippen LogP contribution in [0.3, 0.4) is 0 Å². The molecule has 0 aliphatic rings. The van der Waals surface area contributed by atoms with Gasteiger partial charge in [-0.15, -0.1) is 6.58 Å². The summed E-state index contributed by atoms with van der Waals surface area (Å²) in [4.78, 5) is 2.31. The van der Waals surface area contributed by atoms with Gasteiger partial charge >= 0.3 is 0 Å². The van der Waals surface area contributed by atoms with Crippen molar-refractivity contribution in [1.82, 2.24) is 15.4 Å². The highest BCUT2D eigenvalue weighted by molar-refractivity contribution is 5.06. The quantitative estimate of drug-likeness (QED) is 0.811. The Kier molecular flexibility index (Phi) is 5.54. The molecule has 0 aromatic carbocycles. The molecule has 0 radical (unpaired) electrons. The van der Waals surface area contributed by atoms with Gasteiger partial charge < -0.3 is 9.84 Å². The molecule has 1 aromatic rings. The van der Waals surface area contributed by atoms with Gasteiger partial charge in [0.25, 0.3) is 0 Å². The number of hydrogen-bond acceptors (Lipinski definition) is 4. The van der Waals surface area contributed by atoms with Crippen LogP contribution in [0.2, 0.25) is 0 Å². The zero-order valence-corrected chi connectivity index (χ0v) is 13.8. The number of nitrogens with zero attached hydrogens (tertiary/aromatic N) is 2. The molecule has 4 nitrogen and oxygen atoms in total. The third-order valence-electron chi connectivity index (χ3n) is 3.05. The largest absolute Gasteiger partial charge is 0.360 e. The van der Waals surface area contributed by atoms with E-state index >= 15 is 0 Å². The van der Waals surface area contributed by atoms with Crippen LogP contribution in [0.25, 0.3) is 0 Å². The van der Waals surface area contributed by atoms with Gasteiger partial charge in [-0.2, -0.15) is 0 Å². The maximum atomic E-state index is 5.44. The van der Waals surface area contributed by atoms with Gasteiger partial charge in [-0.25, -0.2) is 0 Å². The summed E-state index contributed by atoms with van der Waals surface area (Å²) in [5.41, 5.74) is 1.10. The highest BCUT2D eigenvalue weighted by Gasteiger charge is 2.22. The van der Waals surface area contributed by atoms with Gasteiger partial charge in [0.2, 0.25) is 0 Å². The highest BCUT2D eigenvalue weighted by atomic mass is 16.5. The monoisotopic (exact) mass is 279 g/mol. The lowest BCUT2D eigenvalue weighted by Gasteiger charge is -2.33. The fraction of sp³-hybridized carbons (Fsp3) is 0.688. The van der Waals surface area contributed by atoms with Crippen molar-refractivity contribution in [3.63, 3.8) is 0 Å². The molecule has 0 bridgehead atoms. The third kappa shape index (κ3) is 5.88. The van der Waals surface area contributed by atoms with Gasteiger partial charge in [0, 0.05) is 30.2 Å². The standard InChI is InChI=1S/C16H29N3O/c1-8-9-19(16(5,6)7)12-14-10-13(18-20-14)11-17-15(2,3)4/h8,10,17H,1,9,11-12H2,2-7H3. The first-order valence-corrected chi connectivity index (χ1v) is 7.17. The molecule has 0 aliphatic carbocycles. The molecule has 1 rings (SSSR count). The van der Waals surface area contributed by atoms with Crippen molar-refractivity contribution in [3.8, 4) is 0 Å². The lowest BCUT2D eigenvalue weighted by atomic mass is 10.1. The van der Waals surface area contributed by atoms with Crippen LogP contribution in [0, 0.1) is 0 Å². The lowest BCUT2D eigenvalue weighted by molar-refractivity contribution is 0.130. The molecule has 0 saturated heterocycles. The first kappa shape index (κ1) is 16.9. The summed E-state index contributed by atoms with van der Waals surface area (Å²) >= 11 is 0. The minimum Gasteiger partial charge on any atom is -0.360 e. The molecule has 114 valence electrons. The molecule has 1 aromatic heterocycles. The maximum Gasteiger partial charge on any atom is 0.151 e. The van der Waals surface area contributed by atoms with E-state index in [4.69, 9.17) is 4.52 Å². The Morgan fingerprint density at radius 1 is 1.30 bits per heavy atom. The SMILES string of the molecule is C=CCN(Cc1cc(CNC(C)(C)C)no1)C(C)(C)C. The second kappa shape index (κ2) is 6.55. The van der Waals surface area contributed by atoms with E-state index in [0.29, 0.717) is 0 Å². The van der Waals surface area contributed by atoms with Gasteiger partial charge in [-0.05, 0) is 41.5 Å². The molecule has 20 heavy (non-hydrogen) atoms. The van der Waals surface area contributed by atoms with Crippen LogP contribution in [0.4, 0.5) is 0 Å². The van der Waals surface area contributed by atoms with E-state index in [2.05, 4.69) is 63.5 Å². The van der Waals surface area contributed by atoms with Gasteiger partial charge in [0.1, 0.15) is 0 Å². The molecule has 0 amide bonds. The predicted octanol–water partition coefficient (Wildman–Crippen LogP) is 3.35. The second-order valence-corrected chi connectivity index (χ2v) is 7.23. The molecule has 0 unspecified atom stereocenters. The Bertz CT molecular complexity index is 424. The van der Waals surface area contributed by atoms with E-state index in [1.165, 1.54) is 0 Å². The molecule has 4 heteroatoms. The Morgan fingerprint density at radius 2 is 1.95 bits per heavy atom. The first-order chi connectivity index (χ1) is 9.12. The molecule has 0 fully saturated rings. The minimum absolute atomic E-state index is 0.0742. The molecule has 0 atom stereocenters. The number of nitrogens with one attached hydrogen (secondary N) is 1. The van der Waals surface area contributed by atoms with Crippen molar-refractivity contribution >= 4 is 0 Å². The smallest absolute Gasteiger partial charge is 0.151 e. The van der Waals surface area contributed by atoms with Crippen LogP contribution in [0.5, 0.6) is 0 Å². The summed E-state index contributed by atoms with van der Waals surface area (Å²) in [5, 5.41) is 7.53. The summed E-state index contributed by atoms with van der Waals surface area (Å²) < 4.78 is 5.44. The van der Waals surface area contributed by atoms with E-state index in [-0.39, 0.29) is 11.1 Å². The highest BCUT2D eigenvalue weighted by Crippen LogP contribution is 2.17. The van der Waals surface area contributed by atoms with Gasteiger partial charge in [0.15, 0.2) is 5.76 Å². The van der Waals surface area contributed by atoms with Crippen molar-refractivity contribution in [2.75, 3.05) is 6.54 Å². The molecular weight excluding hydrogens is 250 g/mol. The summed E-state index contributed by atoms with van der Waals surface area (Å²) in [6.07, 6.45) is 1.92. The Labute approximate surface area is 123 Å². The predicted molar refractivity (Wildman–Crippen MR) is 83.5 cm³/mol. The Morgan fingerprint density at radius 3 is 2.45 bits per heavy atom. The zero-order chi connectivity index (χ0) is 15.4.